The van der Waals surface area contributed by atoms with Crippen LogP contribution < -0.4 is 0 Å². The van der Waals surface area contributed by atoms with Crippen LogP contribution in [0.5, 0.6) is 0 Å². The number of nitriles is 1. The second-order valence-electron chi connectivity index (χ2n) is 12.7. The molecular weight excluding hydrogens is 649 g/mol. The average molecular weight is 679 g/mol. The predicted octanol–water partition coefficient (Wildman–Crippen LogP) is 11.1. The third-order valence-corrected chi connectivity index (χ3v) is 9.33. The van der Waals surface area contributed by atoms with Crippen molar-refractivity contribution in [2.45, 2.75) is 0 Å². The number of hydrogen-bond donors (Lipinski definition) is 0. The minimum atomic E-state index is 0.591. The van der Waals surface area contributed by atoms with E-state index in [1.165, 1.54) is 0 Å². The molecule has 0 aliphatic heterocycles. The number of aromatic nitrogens is 5. The predicted molar refractivity (Wildman–Crippen MR) is 212 cm³/mol. The fourth-order valence-electron chi connectivity index (χ4n) is 6.70. The zero-order valence-electron chi connectivity index (χ0n) is 28.5. The lowest BCUT2D eigenvalue weighted by molar-refractivity contribution is 1.07. The third-order valence-electron chi connectivity index (χ3n) is 9.33. The van der Waals surface area contributed by atoms with Gasteiger partial charge in [0.25, 0.3) is 0 Å². The Morgan fingerprint density at radius 3 is 1.45 bits per heavy atom. The summed E-state index contributed by atoms with van der Waals surface area (Å²) in [6.07, 6.45) is 0. The van der Waals surface area contributed by atoms with Gasteiger partial charge in [0.2, 0.25) is 0 Å². The number of fused-ring (bicyclic) bond motifs is 1. The first-order valence-corrected chi connectivity index (χ1v) is 17.4. The minimum absolute atomic E-state index is 0.591. The summed E-state index contributed by atoms with van der Waals surface area (Å²) >= 11 is 0. The molecule has 2 aromatic heterocycles. The van der Waals surface area contributed by atoms with Gasteiger partial charge in [-0.05, 0) is 58.7 Å². The molecule has 0 aliphatic carbocycles. The monoisotopic (exact) mass is 678 g/mol. The van der Waals surface area contributed by atoms with Gasteiger partial charge in [0.1, 0.15) is 5.82 Å². The van der Waals surface area contributed by atoms with Crippen molar-refractivity contribution in [2.75, 3.05) is 0 Å². The Labute approximate surface area is 307 Å². The molecule has 7 aromatic carbocycles. The molecule has 0 aliphatic rings. The molecule has 0 amide bonds. The van der Waals surface area contributed by atoms with Crippen LogP contribution in [0.3, 0.4) is 0 Å². The highest BCUT2D eigenvalue weighted by molar-refractivity contribution is 5.87. The lowest BCUT2D eigenvalue weighted by Gasteiger charge is -2.14. The topological polar surface area (TPSA) is 80.3 Å². The van der Waals surface area contributed by atoms with Gasteiger partial charge in [0.05, 0.1) is 22.7 Å². The third kappa shape index (κ3) is 6.13. The second-order valence-corrected chi connectivity index (χ2v) is 12.7. The van der Waals surface area contributed by atoms with Gasteiger partial charge in [-0.15, -0.1) is 0 Å². The standard InChI is InChI=1S/C47H30N6/c48-31-32-20-29-40(33-25-27-39(28-26-33)53-43-19-11-10-18-42(43)49-47(53)38-16-8-3-9-17-38)41(30-32)34-21-23-37(24-22-34)46-51-44(35-12-4-1-5-13-35)50-45(52-46)36-14-6-2-7-15-36/h1-30H. The maximum Gasteiger partial charge on any atom is 0.164 e. The van der Waals surface area contributed by atoms with Crippen molar-refractivity contribution in [1.29, 1.82) is 5.26 Å². The Bertz CT molecular complexity index is 2690. The summed E-state index contributed by atoms with van der Waals surface area (Å²) in [5.74, 6) is 2.72. The SMILES string of the molecule is N#Cc1ccc(-c2ccc(-n3c(-c4ccccc4)nc4ccccc43)cc2)c(-c2ccc(-c3nc(-c4ccccc4)nc(-c4ccccc4)n3)cc2)c1. The molecule has 53 heavy (non-hydrogen) atoms. The highest BCUT2D eigenvalue weighted by Crippen LogP contribution is 2.36. The Kier molecular flexibility index (Phi) is 8.12. The van der Waals surface area contributed by atoms with E-state index in [2.05, 4.69) is 65.2 Å². The molecule has 0 saturated heterocycles. The van der Waals surface area contributed by atoms with Crippen molar-refractivity contribution in [2.24, 2.45) is 0 Å². The first-order chi connectivity index (χ1) is 26.2. The Morgan fingerprint density at radius 2 is 0.868 bits per heavy atom. The van der Waals surface area contributed by atoms with Gasteiger partial charge in [-0.3, -0.25) is 4.57 Å². The summed E-state index contributed by atoms with van der Waals surface area (Å²) in [6.45, 7) is 0. The highest BCUT2D eigenvalue weighted by Gasteiger charge is 2.16. The van der Waals surface area contributed by atoms with E-state index in [0.717, 1.165) is 67.1 Å². The number of nitrogens with zero attached hydrogens (tertiary/aromatic N) is 6. The summed E-state index contributed by atoms with van der Waals surface area (Å²) in [7, 11) is 0. The fourth-order valence-corrected chi connectivity index (χ4v) is 6.70. The molecule has 0 N–H and O–H groups in total. The van der Waals surface area contributed by atoms with E-state index in [0.29, 0.717) is 23.0 Å². The Balaban J connectivity index is 1.09. The van der Waals surface area contributed by atoms with E-state index in [1.807, 2.05) is 127 Å². The molecule has 2 heterocycles. The van der Waals surface area contributed by atoms with Crippen molar-refractivity contribution in [3.8, 4) is 79.6 Å². The highest BCUT2D eigenvalue weighted by atomic mass is 15.1. The quantitative estimate of drug-likeness (QED) is 0.168. The van der Waals surface area contributed by atoms with E-state index >= 15 is 0 Å². The van der Waals surface area contributed by atoms with Crippen LogP contribution in [0, 0.1) is 11.3 Å². The van der Waals surface area contributed by atoms with Crippen molar-refractivity contribution in [3.05, 3.63) is 188 Å². The van der Waals surface area contributed by atoms with Crippen LogP contribution in [0.15, 0.2) is 182 Å². The van der Waals surface area contributed by atoms with Gasteiger partial charge >= 0.3 is 0 Å². The number of rotatable bonds is 7. The van der Waals surface area contributed by atoms with Crippen molar-refractivity contribution >= 4 is 11.0 Å². The van der Waals surface area contributed by atoms with Crippen LogP contribution in [0.1, 0.15) is 5.56 Å². The van der Waals surface area contributed by atoms with Gasteiger partial charge in [-0.1, -0.05) is 146 Å². The number of hydrogen-bond acceptors (Lipinski definition) is 5. The average Bonchev–Trinajstić information content (AvgIpc) is 3.64. The first kappa shape index (κ1) is 31.5. The zero-order valence-corrected chi connectivity index (χ0v) is 28.5. The second kappa shape index (κ2) is 13.7. The molecule has 0 saturated carbocycles. The summed E-state index contributed by atoms with van der Waals surface area (Å²) in [5.41, 5.74) is 11.4. The Morgan fingerprint density at radius 1 is 0.396 bits per heavy atom. The fraction of sp³-hybridized carbons (Fsp3) is 0. The molecule has 6 heteroatoms. The van der Waals surface area contributed by atoms with Crippen molar-refractivity contribution in [3.63, 3.8) is 0 Å². The maximum atomic E-state index is 9.87. The molecule has 9 rings (SSSR count). The summed E-state index contributed by atoms with van der Waals surface area (Å²) in [6, 6.07) is 63.4. The maximum absolute atomic E-state index is 9.87. The first-order valence-electron chi connectivity index (χ1n) is 17.4. The summed E-state index contributed by atoms with van der Waals surface area (Å²) < 4.78 is 2.21. The number of imidazole rings is 1. The van der Waals surface area contributed by atoms with Gasteiger partial charge in [-0.25, -0.2) is 19.9 Å². The zero-order chi connectivity index (χ0) is 35.6. The normalized spacial score (nSPS) is 11.0. The number of benzene rings is 7. The van der Waals surface area contributed by atoms with Crippen LogP contribution in [0.2, 0.25) is 0 Å². The van der Waals surface area contributed by atoms with Crippen LogP contribution in [-0.4, -0.2) is 24.5 Å². The molecule has 0 bridgehead atoms. The lowest BCUT2D eigenvalue weighted by Crippen LogP contribution is -2.00. The van der Waals surface area contributed by atoms with E-state index in [-0.39, 0.29) is 0 Å². The molecule has 0 atom stereocenters. The van der Waals surface area contributed by atoms with Gasteiger partial charge < -0.3 is 0 Å². The lowest BCUT2D eigenvalue weighted by atomic mass is 9.92. The summed E-state index contributed by atoms with van der Waals surface area (Å²) in [4.78, 5) is 19.6. The van der Waals surface area contributed by atoms with Crippen LogP contribution >= 0.6 is 0 Å². The van der Waals surface area contributed by atoms with Crippen molar-refractivity contribution in [1.82, 2.24) is 24.5 Å². The molecule has 9 aromatic rings. The smallest absolute Gasteiger partial charge is 0.164 e. The molecule has 6 nitrogen and oxygen atoms in total. The largest absolute Gasteiger partial charge is 0.292 e. The van der Waals surface area contributed by atoms with E-state index in [4.69, 9.17) is 19.9 Å². The molecular formula is C47H30N6. The van der Waals surface area contributed by atoms with Gasteiger partial charge in [-0.2, -0.15) is 5.26 Å². The van der Waals surface area contributed by atoms with Crippen molar-refractivity contribution < 1.29 is 0 Å². The minimum Gasteiger partial charge on any atom is -0.292 e. The molecule has 248 valence electrons. The summed E-state index contributed by atoms with van der Waals surface area (Å²) in [5, 5.41) is 9.87. The van der Waals surface area contributed by atoms with Crippen LogP contribution in [0.25, 0.3) is 84.5 Å². The number of para-hydroxylation sites is 2. The Hall–Kier alpha value is -7.49. The van der Waals surface area contributed by atoms with E-state index in [1.54, 1.807) is 0 Å². The van der Waals surface area contributed by atoms with Gasteiger partial charge in [0.15, 0.2) is 17.5 Å². The van der Waals surface area contributed by atoms with Crippen LogP contribution in [0.4, 0.5) is 0 Å². The molecule has 0 radical (unpaired) electrons. The molecule has 0 spiro atoms. The van der Waals surface area contributed by atoms with E-state index < -0.39 is 0 Å². The van der Waals surface area contributed by atoms with Gasteiger partial charge in [0, 0.05) is 27.9 Å². The molecule has 0 unspecified atom stereocenters. The van der Waals surface area contributed by atoms with E-state index in [9.17, 15) is 5.26 Å². The van der Waals surface area contributed by atoms with Crippen LogP contribution in [-0.2, 0) is 0 Å². The molecule has 0 fully saturated rings.